The van der Waals surface area contributed by atoms with Crippen molar-refractivity contribution in [1.29, 1.82) is 0 Å². The van der Waals surface area contributed by atoms with Crippen molar-refractivity contribution in [3.05, 3.63) is 83.9 Å². The lowest BCUT2D eigenvalue weighted by atomic mass is 10.1. The lowest BCUT2D eigenvalue weighted by molar-refractivity contribution is -0.119. The standard InChI is InChI=1S/C28H33N3O3S2/c1-22-6-10-25(11-7-22)31(36(33,34)27-16-14-26(35-2)15-17-27)21-28(32)29-20-23-8-12-24(13-9-23)30-18-4-3-5-19-30/h6-17H,3-5,18-21H2,1-2H3,(H,29,32). The molecular weight excluding hydrogens is 490 g/mol. The third kappa shape index (κ3) is 6.42. The van der Waals surface area contributed by atoms with E-state index in [4.69, 9.17) is 0 Å². The number of anilines is 2. The van der Waals surface area contributed by atoms with Crippen LogP contribution in [0.15, 0.2) is 82.6 Å². The number of carbonyl (C=O) groups excluding carboxylic acids is 1. The van der Waals surface area contributed by atoms with Crippen LogP contribution in [0.4, 0.5) is 11.4 Å². The fourth-order valence-electron chi connectivity index (χ4n) is 4.26. The fourth-order valence-corrected chi connectivity index (χ4v) is 6.09. The molecule has 0 bridgehead atoms. The minimum Gasteiger partial charge on any atom is -0.372 e. The van der Waals surface area contributed by atoms with E-state index in [1.54, 1.807) is 48.2 Å². The summed E-state index contributed by atoms with van der Waals surface area (Å²) < 4.78 is 28.3. The van der Waals surface area contributed by atoms with Gasteiger partial charge in [-0.05, 0) is 86.5 Å². The summed E-state index contributed by atoms with van der Waals surface area (Å²) in [6, 6.07) is 22.1. The summed E-state index contributed by atoms with van der Waals surface area (Å²) in [5.41, 5.74) is 3.64. The number of sulfonamides is 1. The van der Waals surface area contributed by atoms with Crippen molar-refractivity contribution in [2.75, 3.05) is 35.1 Å². The van der Waals surface area contributed by atoms with Crippen LogP contribution in [0.5, 0.6) is 0 Å². The number of nitrogens with zero attached hydrogens (tertiary/aromatic N) is 2. The number of hydrogen-bond acceptors (Lipinski definition) is 5. The molecule has 4 rings (SSSR count). The van der Waals surface area contributed by atoms with E-state index in [1.165, 1.54) is 29.3 Å². The molecule has 1 heterocycles. The lowest BCUT2D eigenvalue weighted by Gasteiger charge is -2.28. The van der Waals surface area contributed by atoms with Crippen molar-refractivity contribution in [2.24, 2.45) is 0 Å². The number of carbonyl (C=O) groups is 1. The minimum atomic E-state index is -3.93. The Morgan fingerprint density at radius 3 is 2.17 bits per heavy atom. The van der Waals surface area contributed by atoms with E-state index in [1.807, 2.05) is 37.4 Å². The number of nitrogens with one attached hydrogen (secondary N) is 1. The number of aryl methyl sites for hydroxylation is 1. The Labute approximate surface area is 218 Å². The zero-order valence-corrected chi connectivity index (χ0v) is 22.4. The SMILES string of the molecule is CSc1ccc(S(=O)(=O)N(CC(=O)NCc2ccc(N3CCCCC3)cc2)c2ccc(C)cc2)cc1. The normalized spacial score (nSPS) is 13.9. The van der Waals surface area contributed by atoms with E-state index in [9.17, 15) is 13.2 Å². The smallest absolute Gasteiger partial charge is 0.264 e. The van der Waals surface area contributed by atoms with Gasteiger partial charge >= 0.3 is 0 Å². The molecule has 0 radical (unpaired) electrons. The van der Waals surface area contributed by atoms with Crippen molar-refractivity contribution in [3.63, 3.8) is 0 Å². The first-order chi connectivity index (χ1) is 17.4. The molecule has 1 saturated heterocycles. The van der Waals surface area contributed by atoms with Crippen LogP contribution in [-0.4, -0.2) is 40.2 Å². The van der Waals surface area contributed by atoms with E-state index in [-0.39, 0.29) is 17.3 Å². The zero-order valence-electron chi connectivity index (χ0n) is 20.8. The van der Waals surface area contributed by atoms with E-state index < -0.39 is 10.0 Å². The second-order valence-electron chi connectivity index (χ2n) is 9.01. The Morgan fingerprint density at radius 2 is 1.56 bits per heavy atom. The number of rotatable bonds is 9. The van der Waals surface area contributed by atoms with Gasteiger partial charge in [0, 0.05) is 30.2 Å². The van der Waals surface area contributed by atoms with Crippen LogP contribution in [-0.2, 0) is 21.4 Å². The predicted octanol–water partition coefficient (Wildman–Crippen LogP) is 5.22. The molecule has 0 saturated carbocycles. The average Bonchev–Trinajstić information content (AvgIpc) is 2.92. The van der Waals surface area contributed by atoms with Gasteiger partial charge in [0.25, 0.3) is 10.0 Å². The van der Waals surface area contributed by atoms with E-state index in [0.29, 0.717) is 12.2 Å². The van der Waals surface area contributed by atoms with Crippen LogP contribution in [0.1, 0.15) is 30.4 Å². The first-order valence-corrected chi connectivity index (χ1v) is 14.9. The first-order valence-electron chi connectivity index (χ1n) is 12.2. The number of piperidine rings is 1. The van der Waals surface area contributed by atoms with Crippen LogP contribution in [0.3, 0.4) is 0 Å². The van der Waals surface area contributed by atoms with E-state index in [2.05, 4.69) is 22.3 Å². The highest BCUT2D eigenvalue weighted by molar-refractivity contribution is 7.98. The minimum absolute atomic E-state index is 0.155. The molecule has 1 aliphatic rings. The lowest BCUT2D eigenvalue weighted by Crippen LogP contribution is -2.40. The van der Waals surface area contributed by atoms with Crippen LogP contribution in [0, 0.1) is 6.92 Å². The molecule has 6 nitrogen and oxygen atoms in total. The van der Waals surface area contributed by atoms with Crippen molar-refractivity contribution in [3.8, 4) is 0 Å². The highest BCUT2D eigenvalue weighted by Gasteiger charge is 2.27. The molecule has 0 atom stereocenters. The van der Waals surface area contributed by atoms with Crippen molar-refractivity contribution < 1.29 is 13.2 Å². The zero-order chi connectivity index (χ0) is 25.5. The Kier molecular flexibility index (Phi) is 8.59. The highest BCUT2D eigenvalue weighted by Crippen LogP contribution is 2.26. The monoisotopic (exact) mass is 523 g/mol. The molecule has 0 spiro atoms. The topological polar surface area (TPSA) is 69.7 Å². The Morgan fingerprint density at radius 1 is 0.917 bits per heavy atom. The number of amides is 1. The molecule has 1 amide bonds. The summed E-state index contributed by atoms with van der Waals surface area (Å²) in [5, 5.41) is 2.89. The van der Waals surface area contributed by atoms with Gasteiger partial charge in [-0.2, -0.15) is 0 Å². The molecular formula is C28H33N3O3S2. The summed E-state index contributed by atoms with van der Waals surface area (Å²) >= 11 is 1.54. The van der Waals surface area contributed by atoms with Gasteiger partial charge in [-0.1, -0.05) is 29.8 Å². The largest absolute Gasteiger partial charge is 0.372 e. The maximum absolute atomic E-state index is 13.5. The molecule has 190 valence electrons. The summed E-state index contributed by atoms with van der Waals surface area (Å²) in [6.07, 6.45) is 5.67. The first kappa shape index (κ1) is 26.1. The molecule has 1 fully saturated rings. The maximum atomic E-state index is 13.5. The van der Waals surface area contributed by atoms with Crippen LogP contribution >= 0.6 is 11.8 Å². The predicted molar refractivity (Wildman–Crippen MR) is 148 cm³/mol. The van der Waals surface area contributed by atoms with Gasteiger partial charge in [-0.25, -0.2) is 8.42 Å². The second kappa shape index (κ2) is 11.8. The van der Waals surface area contributed by atoms with Crippen LogP contribution in [0.2, 0.25) is 0 Å². The molecule has 1 aliphatic heterocycles. The van der Waals surface area contributed by atoms with Gasteiger partial charge in [-0.3, -0.25) is 9.10 Å². The Balaban J connectivity index is 1.46. The molecule has 36 heavy (non-hydrogen) atoms. The van der Waals surface area contributed by atoms with Crippen molar-refractivity contribution in [2.45, 2.75) is 42.5 Å². The molecule has 3 aromatic rings. The second-order valence-corrected chi connectivity index (χ2v) is 11.8. The van der Waals surface area contributed by atoms with E-state index >= 15 is 0 Å². The van der Waals surface area contributed by atoms with Gasteiger partial charge in [0.1, 0.15) is 6.54 Å². The van der Waals surface area contributed by atoms with Gasteiger partial charge < -0.3 is 10.2 Å². The maximum Gasteiger partial charge on any atom is 0.264 e. The third-order valence-electron chi connectivity index (χ3n) is 6.40. The Bertz CT molecular complexity index is 1250. The van der Waals surface area contributed by atoms with Crippen molar-refractivity contribution >= 4 is 39.1 Å². The third-order valence-corrected chi connectivity index (χ3v) is 8.94. The quantitative estimate of drug-likeness (QED) is 0.390. The number of thioether (sulfide) groups is 1. The van der Waals surface area contributed by atoms with Gasteiger partial charge in [0.05, 0.1) is 10.6 Å². The molecule has 8 heteroatoms. The fraction of sp³-hybridized carbons (Fsp3) is 0.321. The van der Waals surface area contributed by atoms with Crippen molar-refractivity contribution in [1.82, 2.24) is 5.32 Å². The van der Waals surface area contributed by atoms with Gasteiger partial charge in [-0.15, -0.1) is 11.8 Å². The van der Waals surface area contributed by atoms with Crippen LogP contribution < -0.4 is 14.5 Å². The van der Waals surface area contributed by atoms with Gasteiger partial charge in [0.15, 0.2) is 0 Å². The molecule has 3 aromatic carbocycles. The summed E-state index contributed by atoms with van der Waals surface area (Å²) in [6.45, 7) is 4.14. The van der Waals surface area contributed by atoms with E-state index in [0.717, 1.165) is 29.1 Å². The highest BCUT2D eigenvalue weighted by atomic mass is 32.2. The summed E-state index contributed by atoms with van der Waals surface area (Å²) in [7, 11) is -3.93. The summed E-state index contributed by atoms with van der Waals surface area (Å²) in [4.78, 5) is 16.4. The summed E-state index contributed by atoms with van der Waals surface area (Å²) in [5.74, 6) is -0.361. The molecule has 0 aromatic heterocycles. The number of hydrogen-bond donors (Lipinski definition) is 1. The average molecular weight is 524 g/mol. The van der Waals surface area contributed by atoms with Crippen LogP contribution in [0.25, 0.3) is 0 Å². The Hall–Kier alpha value is -2.97. The molecule has 1 N–H and O–H groups in total. The van der Waals surface area contributed by atoms with Gasteiger partial charge in [0.2, 0.25) is 5.91 Å². The number of benzene rings is 3. The molecule has 0 aliphatic carbocycles. The molecule has 0 unspecified atom stereocenters.